The molecule has 0 aliphatic rings. The molecule has 0 bridgehead atoms. The lowest BCUT2D eigenvalue weighted by Gasteiger charge is -2.11. The molecule has 2 N–H and O–H groups in total. The lowest BCUT2D eigenvalue weighted by atomic mass is 10.2. The molecule has 1 aromatic carbocycles. The first-order valence-corrected chi connectivity index (χ1v) is 6.50. The van der Waals surface area contributed by atoms with E-state index in [0.717, 1.165) is 16.9 Å². The smallest absolute Gasteiger partial charge is 0.223 e. The normalized spacial score (nSPS) is 10.9. The van der Waals surface area contributed by atoms with Gasteiger partial charge >= 0.3 is 0 Å². The molecule has 0 aliphatic carbocycles. The number of rotatable bonds is 2. The van der Waals surface area contributed by atoms with E-state index in [1.807, 2.05) is 42.8 Å². The lowest BCUT2D eigenvalue weighted by molar-refractivity contribution is 0.459. The highest BCUT2D eigenvalue weighted by Gasteiger charge is 2.16. The summed E-state index contributed by atoms with van der Waals surface area (Å²) in [7, 11) is 0. The van der Waals surface area contributed by atoms with E-state index in [2.05, 4.69) is 15.4 Å². The Morgan fingerprint density at radius 3 is 2.80 bits per heavy atom. The molecule has 5 nitrogen and oxygen atoms in total. The maximum absolute atomic E-state index is 9.89. The molecule has 0 saturated heterocycles. The van der Waals surface area contributed by atoms with Crippen LogP contribution in [0.25, 0.3) is 11.0 Å². The standard InChI is InChI=1S/C14H13ClN4O/c1-8-9(2)19(13-12(8)14(20)17-7-16-13)18-11-5-3-4-10(15)6-11/h3-7,18H,1-2H3,(H,16,17,20). The summed E-state index contributed by atoms with van der Waals surface area (Å²) >= 11 is 5.98. The summed E-state index contributed by atoms with van der Waals surface area (Å²) in [5.74, 6) is -0.0118. The zero-order chi connectivity index (χ0) is 14.3. The average molecular weight is 289 g/mol. The summed E-state index contributed by atoms with van der Waals surface area (Å²) in [5.41, 5.74) is 6.60. The predicted octanol–water partition coefficient (Wildman–Crippen LogP) is 3.28. The highest BCUT2D eigenvalue weighted by atomic mass is 35.5. The number of aromatic hydroxyl groups is 1. The van der Waals surface area contributed by atoms with Gasteiger partial charge < -0.3 is 5.11 Å². The van der Waals surface area contributed by atoms with E-state index >= 15 is 0 Å². The average Bonchev–Trinajstić information content (AvgIpc) is 2.65. The Morgan fingerprint density at radius 2 is 2.05 bits per heavy atom. The highest BCUT2D eigenvalue weighted by molar-refractivity contribution is 6.30. The lowest BCUT2D eigenvalue weighted by Crippen LogP contribution is -2.11. The molecule has 102 valence electrons. The molecule has 3 rings (SSSR count). The van der Waals surface area contributed by atoms with Crippen LogP contribution < -0.4 is 5.43 Å². The number of benzene rings is 1. The van der Waals surface area contributed by atoms with Crippen LogP contribution >= 0.6 is 11.6 Å². The Balaban J connectivity index is 2.17. The summed E-state index contributed by atoms with van der Waals surface area (Å²) in [4.78, 5) is 8.06. The van der Waals surface area contributed by atoms with Crippen molar-refractivity contribution in [1.29, 1.82) is 0 Å². The fourth-order valence-electron chi connectivity index (χ4n) is 2.20. The van der Waals surface area contributed by atoms with E-state index in [1.165, 1.54) is 6.33 Å². The summed E-state index contributed by atoms with van der Waals surface area (Å²) in [6.45, 7) is 3.88. The van der Waals surface area contributed by atoms with Gasteiger partial charge in [0.25, 0.3) is 0 Å². The quantitative estimate of drug-likeness (QED) is 0.759. The van der Waals surface area contributed by atoms with Gasteiger partial charge in [0.1, 0.15) is 6.33 Å². The van der Waals surface area contributed by atoms with Crippen LogP contribution in [0.1, 0.15) is 11.3 Å². The molecular weight excluding hydrogens is 276 g/mol. The van der Waals surface area contributed by atoms with Crippen molar-refractivity contribution in [3.05, 3.63) is 46.9 Å². The topological polar surface area (TPSA) is 63.0 Å². The largest absolute Gasteiger partial charge is 0.493 e. The van der Waals surface area contributed by atoms with E-state index in [-0.39, 0.29) is 5.88 Å². The van der Waals surface area contributed by atoms with Gasteiger partial charge in [-0.3, -0.25) is 5.43 Å². The number of anilines is 1. The molecule has 3 aromatic rings. The van der Waals surface area contributed by atoms with Gasteiger partial charge in [-0.2, -0.15) is 0 Å². The second-order valence-electron chi connectivity index (χ2n) is 4.56. The molecule has 0 saturated carbocycles. The van der Waals surface area contributed by atoms with Crippen LogP contribution in [0.3, 0.4) is 0 Å². The van der Waals surface area contributed by atoms with Crippen molar-refractivity contribution in [2.75, 3.05) is 5.43 Å². The van der Waals surface area contributed by atoms with Crippen LogP contribution in [0, 0.1) is 13.8 Å². The molecule has 0 fully saturated rings. The monoisotopic (exact) mass is 288 g/mol. The Hall–Kier alpha value is -2.27. The van der Waals surface area contributed by atoms with Crippen LogP contribution in [-0.4, -0.2) is 19.8 Å². The van der Waals surface area contributed by atoms with E-state index in [9.17, 15) is 5.11 Å². The Kier molecular flexibility index (Phi) is 2.99. The maximum atomic E-state index is 9.89. The van der Waals surface area contributed by atoms with E-state index in [4.69, 9.17) is 11.6 Å². The number of nitrogens with zero attached hydrogens (tertiary/aromatic N) is 3. The molecule has 0 atom stereocenters. The van der Waals surface area contributed by atoms with Crippen LogP contribution in [0.5, 0.6) is 5.88 Å². The highest BCUT2D eigenvalue weighted by Crippen LogP contribution is 2.29. The van der Waals surface area contributed by atoms with Gasteiger partial charge in [-0.1, -0.05) is 17.7 Å². The van der Waals surface area contributed by atoms with Crippen molar-refractivity contribution in [2.24, 2.45) is 0 Å². The maximum Gasteiger partial charge on any atom is 0.223 e. The van der Waals surface area contributed by atoms with E-state index in [0.29, 0.717) is 16.1 Å². The molecule has 2 aromatic heterocycles. The number of halogens is 1. The first-order valence-electron chi connectivity index (χ1n) is 6.12. The Bertz CT molecular complexity index is 797. The fraction of sp³-hybridized carbons (Fsp3) is 0.143. The third-order valence-corrected chi connectivity index (χ3v) is 3.57. The number of fused-ring (bicyclic) bond motifs is 1. The molecule has 0 amide bonds. The minimum atomic E-state index is -0.0118. The fourth-order valence-corrected chi connectivity index (χ4v) is 2.39. The molecule has 0 radical (unpaired) electrons. The van der Waals surface area contributed by atoms with Crippen molar-refractivity contribution >= 4 is 28.3 Å². The summed E-state index contributed by atoms with van der Waals surface area (Å²) in [6, 6.07) is 7.41. The number of aromatic nitrogens is 3. The van der Waals surface area contributed by atoms with Gasteiger partial charge in [0, 0.05) is 10.7 Å². The number of hydrogen-bond acceptors (Lipinski definition) is 4. The van der Waals surface area contributed by atoms with E-state index in [1.54, 1.807) is 0 Å². The molecule has 0 aliphatic heterocycles. The van der Waals surface area contributed by atoms with Crippen molar-refractivity contribution in [1.82, 2.24) is 14.6 Å². The number of aryl methyl sites for hydroxylation is 1. The van der Waals surface area contributed by atoms with Crippen LogP contribution in [-0.2, 0) is 0 Å². The van der Waals surface area contributed by atoms with Crippen LogP contribution in [0.2, 0.25) is 5.02 Å². The first-order chi connectivity index (χ1) is 9.58. The summed E-state index contributed by atoms with van der Waals surface area (Å²) in [6.07, 6.45) is 1.34. The van der Waals surface area contributed by atoms with Gasteiger partial charge in [-0.05, 0) is 37.6 Å². The number of nitrogens with one attached hydrogen (secondary N) is 1. The van der Waals surface area contributed by atoms with Crippen molar-refractivity contribution in [3.8, 4) is 5.88 Å². The minimum Gasteiger partial charge on any atom is -0.493 e. The Morgan fingerprint density at radius 1 is 1.25 bits per heavy atom. The first kappa shape index (κ1) is 12.7. The van der Waals surface area contributed by atoms with E-state index < -0.39 is 0 Å². The van der Waals surface area contributed by atoms with Gasteiger partial charge in [0.05, 0.1) is 11.1 Å². The SMILES string of the molecule is Cc1c(C)n(Nc2cccc(Cl)c2)c2ncnc(O)c12. The van der Waals surface area contributed by atoms with Crippen molar-refractivity contribution < 1.29 is 5.11 Å². The van der Waals surface area contributed by atoms with Gasteiger partial charge in [0.2, 0.25) is 5.88 Å². The van der Waals surface area contributed by atoms with Gasteiger partial charge in [-0.25, -0.2) is 14.6 Å². The molecule has 20 heavy (non-hydrogen) atoms. The zero-order valence-electron chi connectivity index (χ0n) is 11.1. The molecule has 2 heterocycles. The minimum absolute atomic E-state index is 0.0118. The second kappa shape index (κ2) is 4.68. The second-order valence-corrected chi connectivity index (χ2v) is 5.00. The van der Waals surface area contributed by atoms with Crippen LogP contribution in [0.15, 0.2) is 30.6 Å². The summed E-state index contributed by atoms with van der Waals surface area (Å²) < 4.78 is 1.82. The molecule has 0 spiro atoms. The number of hydrogen-bond donors (Lipinski definition) is 2. The van der Waals surface area contributed by atoms with Crippen molar-refractivity contribution in [2.45, 2.75) is 13.8 Å². The van der Waals surface area contributed by atoms with Gasteiger partial charge in [-0.15, -0.1) is 0 Å². The zero-order valence-corrected chi connectivity index (χ0v) is 11.8. The Labute approximate surface area is 120 Å². The van der Waals surface area contributed by atoms with Gasteiger partial charge in [0.15, 0.2) is 5.65 Å². The third-order valence-electron chi connectivity index (χ3n) is 3.34. The molecule has 6 heteroatoms. The molecule has 0 unspecified atom stereocenters. The third kappa shape index (κ3) is 1.96. The summed E-state index contributed by atoms with van der Waals surface area (Å²) in [5, 5.41) is 11.2. The predicted molar refractivity (Wildman–Crippen MR) is 79.1 cm³/mol. The molecular formula is C14H13ClN4O. The van der Waals surface area contributed by atoms with Crippen LogP contribution in [0.4, 0.5) is 5.69 Å². The van der Waals surface area contributed by atoms with Crippen molar-refractivity contribution in [3.63, 3.8) is 0 Å².